The molecule has 4 heteroatoms. The van der Waals surface area contributed by atoms with Crippen LogP contribution < -0.4 is 10.2 Å². The number of hydrogen-bond donors (Lipinski definition) is 2. The molecule has 4 nitrogen and oxygen atoms in total. The van der Waals surface area contributed by atoms with Crippen LogP contribution in [0.5, 0.6) is 0 Å². The third-order valence-electron chi connectivity index (χ3n) is 3.55. The molecule has 2 atom stereocenters. The Bertz CT molecular complexity index is 434. The number of rotatable bonds is 2. The average Bonchev–Trinajstić information content (AvgIpc) is 2.52. The lowest BCUT2D eigenvalue weighted by Crippen LogP contribution is -2.39. The van der Waals surface area contributed by atoms with Gasteiger partial charge in [0.05, 0.1) is 5.92 Å². The first-order valence-electron chi connectivity index (χ1n) is 6.35. The highest BCUT2D eigenvalue weighted by Gasteiger charge is 2.27. The van der Waals surface area contributed by atoms with E-state index < -0.39 is 5.97 Å². The van der Waals surface area contributed by atoms with Crippen molar-refractivity contribution in [2.75, 3.05) is 24.5 Å². The van der Waals surface area contributed by atoms with Crippen molar-refractivity contribution < 1.29 is 9.90 Å². The molecule has 0 aromatic heterocycles. The summed E-state index contributed by atoms with van der Waals surface area (Å²) in [5, 5.41) is 12.4. The molecular weight excluding hydrogens is 228 g/mol. The zero-order valence-corrected chi connectivity index (χ0v) is 10.9. The van der Waals surface area contributed by atoms with Gasteiger partial charge in [0, 0.05) is 31.4 Å². The molecule has 18 heavy (non-hydrogen) atoms. The largest absolute Gasteiger partial charge is 0.481 e. The van der Waals surface area contributed by atoms with Crippen molar-refractivity contribution in [1.82, 2.24) is 5.32 Å². The molecule has 0 saturated carbocycles. The molecule has 1 fully saturated rings. The van der Waals surface area contributed by atoms with E-state index in [1.807, 2.05) is 12.1 Å². The van der Waals surface area contributed by atoms with Crippen LogP contribution in [0.2, 0.25) is 0 Å². The summed E-state index contributed by atoms with van der Waals surface area (Å²) in [5.41, 5.74) is 2.33. The van der Waals surface area contributed by atoms with Crippen molar-refractivity contribution in [2.45, 2.75) is 19.9 Å². The number of aliphatic carboxylic acids is 1. The first-order valence-corrected chi connectivity index (χ1v) is 6.35. The molecule has 2 unspecified atom stereocenters. The van der Waals surface area contributed by atoms with Crippen LogP contribution in [0, 0.1) is 12.8 Å². The highest BCUT2D eigenvalue weighted by molar-refractivity contribution is 5.71. The van der Waals surface area contributed by atoms with Crippen molar-refractivity contribution in [3.8, 4) is 0 Å². The smallest absolute Gasteiger partial charge is 0.309 e. The van der Waals surface area contributed by atoms with Gasteiger partial charge >= 0.3 is 5.97 Å². The Kier molecular flexibility index (Phi) is 3.87. The van der Waals surface area contributed by atoms with Crippen molar-refractivity contribution >= 4 is 11.7 Å². The van der Waals surface area contributed by atoms with E-state index in [0.29, 0.717) is 19.1 Å². The van der Waals surface area contributed by atoms with Crippen molar-refractivity contribution in [2.24, 2.45) is 5.92 Å². The Morgan fingerprint density at radius 1 is 1.39 bits per heavy atom. The van der Waals surface area contributed by atoms with E-state index in [1.54, 1.807) is 0 Å². The minimum absolute atomic E-state index is 0.301. The summed E-state index contributed by atoms with van der Waals surface area (Å²) < 4.78 is 0. The van der Waals surface area contributed by atoms with E-state index in [1.165, 1.54) is 5.56 Å². The summed E-state index contributed by atoms with van der Waals surface area (Å²) in [6, 6.07) is 8.44. The number of carboxylic acids is 1. The zero-order valence-electron chi connectivity index (χ0n) is 10.9. The minimum atomic E-state index is -0.727. The number of nitrogens with zero attached hydrogens (tertiary/aromatic N) is 1. The first kappa shape index (κ1) is 12.9. The first-order chi connectivity index (χ1) is 8.59. The molecule has 1 aromatic rings. The summed E-state index contributed by atoms with van der Waals surface area (Å²) >= 11 is 0. The van der Waals surface area contributed by atoms with Crippen molar-refractivity contribution in [3.05, 3.63) is 29.8 Å². The van der Waals surface area contributed by atoms with Gasteiger partial charge in [0.1, 0.15) is 0 Å². The number of hydrogen-bond acceptors (Lipinski definition) is 3. The van der Waals surface area contributed by atoms with E-state index >= 15 is 0 Å². The summed E-state index contributed by atoms with van der Waals surface area (Å²) in [5.74, 6) is -1.08. The third kappa shape index (κ3) is 2.64. The van der Waals surface area contributed by atoms with E-state index in [2.05, 4.69) is 36.2 Å². The highest BCUT2D eigenvalue weighted by Crippen LogP contribution is 2.24. The standard InChI is InChI=1S/C14H20N2O2/c1-10-5-3-4-6-13(10)16-9-12(14(17)18)8-15-7-11(16)2/h3-6,11-12,15H,7-9H2,1-2H3,(H,17,18). The lowest BCUT2D eigenvalue weighted by atomic mass is 10.1. The normalized spacial score (nSPS) is 24.7. The number of carbonyl (C=O) groups is 1. The molecule has 0 amide bonds. The van der Waals surface area contributed by atoms with Gasteiger partial charge in [-0.1, -0.05) is 18.2 Å². The SMILES string of the molecule is Cc1ccccc1N1CC(C(=O)O)CNCC1C. The second-order valence-electron chi connectivity index (χ2n) is 4.98. The molecule has 2 rings (SSSR count). The maximum atomic E-state index is 11.2. The molecule has 98 valence electrons. The minimum Gasteiger partial charge on any atom is -0.481 e. The number of para-hydroxylation sites is 1. The molecule has 0 aliphatic carbocycles. The van der Waals surface area contributed by atoms with Gasteiger partial charge in [-0.2, -0.15) is 0 Å². The predicted octanol–water partition coefficient (Wildman–Crippen LogP) is 1.49. The molecule has 1 heterocycles. The predicted molar refractivity (Wildman–Crippen MR) is 72.0 cm³/mol. The van der Waals surface area contributed by atoms with Gasteiger partial charge in [-0.25, -0.2) is 0 Å². The van der Waals surface area contributed by atoms with Gasteiger partial charge in [-0.3, -0.25) is 4.79 Å². The maximum absolute atomic E-state index is 11.2. The summed E-state index contributed by atoms with van der Waals surface area (Å²) in [4.78, 5) is 13.4. The molecule has 1 aliphatic rings. The molecule has 0 radical (unpaired) electrons. The maximum Gasteiger partial charge on any atom is 0.309 e. The Morgan fingerprint density at radius 2 is 2.11 bits per heavy atom. The van der Waals surface area contributed by atoms with Crippen LogP contribution in [0.15, 0.2) is 24.3 Å². The lowest BCUT2D eigenvalue weighted by molar-refractivity contribution is -0.141. The molecule has 1 saturated heterocycles. The Hall–Kier alpha value is -1.55. The van der Waals surface area contributed by atoms with Gasteiger partial charge in [0.2, 0.25) is 0 Å². The van der Waals surface area contributed by atoms with Gasteiger partial charge in [0.15, 0.2) is 0 Å². The number of anilines is 1. The number of benzene rings is 1. The zero-order chi connectivity index (χ0) is 13.1. The Balaban J connectivity index is 2.28. The Labute approximate surface area is 108 Å². The van der Waals surface area contributed by atoms with E-state index in [-0.39, 0.29) is 5.92 Å². The van der Waals surface area contributed by atoms with Crippen LogP contribution in [-0.4, -0.2) is 36.8 Å². The highest BCUT2D eigenvalue weighted by atomic mass is 16.4. The fourth-order valence-corrected chi connectivity index (χ4v) is 2.45. The van der Waals surface area contributed by atoms with Crippen LogP contribution in [0.1, 0.15) is 12.5 Å². The second kappa shape index (κ2) is 5.40. The van der Waals surface area contributed by atoms with Crippen LogP contribution >= 0.6 is 0 Å². The monoisotopic (exact) mass is 248 g/mol. The van der Waals surface area contributed by atoms with Crippen LogP contribution in [0.4, 0.5) is 5.69 Å². The van der Waals surface area contributed by atoms with Gasteiger partial charge < -0.3 is 15.3 Å². The summed E-state index contributed by atoms with van der Waals surface area (Å²) in [7, 11) is 0. The molecule has 0 bridgehead atoms. The molecule has 0 spiro atoms. The van der Waals surface area contributed by atoms with Gasteiger partial charge in [-0.15, -0.1) is 0 Å². The molecular formula is C14H20N2O2. The van der Waals surface area contributed by atoms with Crippen LogP contribution in [-0.2, 0) is 4.79 Å². The van der Waals surface area contributed by atoms with Gasteiger partial charge in [-0.05, 0) is 25.5 Å². The second-order valence-corrected chi connectivity index (χ2v) is 4.98. The molecule has 2 N–H and O–H groups in total. The van der Waals surface area contributed by atoms with Crippen LogP contribution in [0.3, 0.4) is 0 Å². The van der Waals surface area contributed by atoms with E-state index in [4.69, 9.17) is 0 Å². The third-order valence-corrected chi connectivity index (χ3v) is 3.55. The quantitative estimate of drug-likeness (QED) is 0.832. The summed E-state index contributed by atoms with van der Waals surface area (Å²) in [6.07, 6.45) is 0. The van der Waals surface area contributed by atoms with Gasteiger partial charge in [0.25, 0.3) is 0 Å². The summed E-state index contributed by atoms with van der Waals surface area (Å²) in [6.45, 7) is 6.12. The van der Waals surface area contributed by atoms with Crippen molar-refractivity contribution in [1.29, 1.82) is 0 Å². The van der Waals surface area contributed by atoms with E-state index in [0.717, 1.165) is 12.2 Å². The van der Waals surface area contributed by atoms with Crippen LogP contribution in [0.25, 0.3) is 0 Å². The average molecular weight is 248 g/mol. The van der Waals surface area contributed by atoms with E-state index in [9.17, 15) is 9.90 Å². The topological polar surface area (TPSA) is 52.6 Å². The van der Waals surface area contributed by atoms with Crippen molar-refractivity contribution in [3.63, 3.8) is 0 Å². The molecule has 1 aromatic carbocycles. The number of aryl methyl sites for hydroxylation is 1. The fourth-order valence-electron chi connectivity index (χ4n) is 2.45. The fraction of sp³-hybridized carbons (Fsp3) is 0.500. The number of carboxylic acid groups (broad SMARTS) is 1. The Morgan fingerprint density at radius 3 is 2.78 bits per heavy atom. The molecule has 1 aliphatic heterocycles. The number of nitrogens with one attached hydrogen (secondary N) is 1. The lowest BCUT2D eigenvalue weighted by Gasteiger charge is -2.31.